The summed E-state index contributed by atoms with van der Waals surface area (Å²) in [6.07, 6.45) is 1.52. The molecule has 2 rings (SSSR count). The third-order valence-electron chi connectivity index (χ3n) is 3.20. The van der Waals surface area contributed by atoms with Gasteiger partial charge in [-0.2, -0.15) is 5.10 Å². The number of amides is 2. The first kappa shape index (κ1) is 15.2. The van der Waals surface area contributed by atoms with Gasteiger partial charge in [-0.05, 0) is 19.9 Å². The lowest BCUT2D eigenvalue weighted by molar-refractivity contribution is -0.131. The van der Waals surface area contributed by atoms with Gasteiger partial charge in [0.15, 0.2) is 0 Å². The zero-order valence-electron chi connectivity index (χ0n) is 12.1. The fraction of sp³-hybridized carbons (Fsp3) is 0.385. The van der Waals surface area contributed by atoms with E-state index in [9.17, 15) is 9.59 Å². The molecular formula is C13H17N5O2S. The van der Waals surface area contributed by atoms with E-state index in [1.165, 1.54) is 6.20 Å². The van der Waals surface area contributed by atoms with Gasteiger partial charge in [-0.25, -0.2) is 0 Å². The van der Waals surface area contributed by atoms with E-state index in [1.807, 2.05) is 6.92 Å². The minimum Gasteiger partial charge on any atom is -0.397 e. The van der Waals surface area contributed by atoms with E-state index < -0.39 is 6.04 Å². The predicted octanol–water partition coefficient (Wildman–Crippen LogP) is 0.870. The van der Waals surface area contributed by atoms with Crippen LogP contribution in [0, 0.1) is 0 Å². The number of rotatable bonds is 4. The molecule has 2 amide bonds. The predicted molar refractivity (Wildman–Crippen MR) is 82.1 cm³/mol. The molecule has 0 saturated heterocycles. The summed E-state index contributed by atoms with van der Waals surface area (Å²) in [7, 11) is 1.69. The van der Waals surface area contributed by atoms with Crippen molar-refractivity contribution in [3.8, 4) is 0 Å². The second-order valence-electron chi connectivity index (χ2n) is 4.64. The van der Waals surface area contributed by atoms with Gasteiger partial charge >= 0.3 is 0 Å². The highest BCUT2D eigenvalue weighted by Crippen LogP contribution is 2.31. The molecule has 1 unspecified atom stereocenters. The van der Waals surface area contributed by atoms with Crippen molar-refractivity contribution in [2.75, 3.05) is 19.3 Å². The Kier molecular flexibility index (Phi) is 4.37. The van der Waals surface area contributed by atoms with Gasteiger partial charge in [-0.3, -0.25) is 9.59 Å². The number of nitrogen functional groups attached to an aromatic ring is 1. The maximum Gasteiger partial charge on any atom is 0.264 e. The summed E-state index contributed by atoms with van der Waals surface area (Å²) >= 11 is 1.16. The Morgan fingerprint density at radius 1 is 1.52 bits per heavy atom. The van der Waals surface area contributed by atoms with Crippen LogP contribution in [-0.4, -0.2) is 46.5 Å². The number of carbonyl (C=O) groups excluding carboxylic acids is 2. The molecule has 2 aromatic rings. The van der Waals surface area contributed by atoms with E-state index in [4.69, 9.17) is 5.73 Å². The molecule has 2 aromatic heterocycles. The molecule has 7 nitrogen and oxygen atoms in total. The average molecular weight is 307 g/mol. The molecule has 0 aromatic carbocycles. The number of fused-ring (bicyclic) bond motifs is 1. The molecule has 21 heavy (non-hydrogen) atoms. The van der Waals surface area contributed by atoms with Crippen LogP contribution in [0.1, 0.15) is 23.5 Å². The van der Waals surface area contributed by atoms with Crippen molar-refractivity contribution in [1.29, 1.82) is 0 Å². The first-order chi connectivity index (χ1) is 9.95. The molecule has 2 heterocycles. The molecule has 0 aliphatic rings. The maximum absolute atomic E-state index is 12.3. The average Bonchev–Trinajstić information content (AvgIpc) is 2.83. The summed E-state index contributed by atoms with van der Waals surface area (Å²) in [4.78, 5) is 26.7. The first-order valence-electron chi connectivity index (χ1n) is 6.51. The van der Waals surface area contributed by atoms with Crippen molar-refractivity contribution in [2.45, 2.75) is 19.9 Å². The molecule has 112 valence electrons. The van der Waals surface area contributed by atoms with Crippen molar-refractivity contribution in [2.24, 2.45) is 0 Å². The molecule has 0 aliphatic heterocycles. The topological polar surface area (TPSA) is 101 Å². The van der Waals surface area contributed by atoms with E-state index in [0.29, 0.717) is 27.3 Å². The summed E-state index contributed by atoms with van der Waals surface area (Å²) in [5.74, 6) is -0.522. The van der Waals surface area contributed by atoms with E-state index in [-0.39, 0.29) is 11.8 Å². The monoisotopic (exact) mass is 307 g/mol. The number of carbonyl (C=O) groups is 2. The van der Waals surface area contributed by atoms with Crippen LogP contribution in [0.25, 0.3) is 10.2 Å². The SMILES string of the molecule is CCN(C)C(=O)C(C)NC(=O)c1sc2nnccc2c1N. The molecule has 0 spiro atoms. The first-order valence-corrected chi connectivity index (χ1v) is 7.32. The lowest BCUT2D eigenvalue weighted by atomic mass is 10.2. The Labute approximate surface area is 126 Å². The van der Waals surface area contributed by atoms with Crippen LogP contribution < -0.4 is 11.1 Å². The van der Waals surface area contributed by atoms with Gasteiger partial charge < -0.3 is 16.0 Å². The van der Waals surface area contributed by atoms with E-state index in [2.05, 4.69) is 15.5 Å². The summed E-state index contributed by atoms with van der Waals surface area (Å²) < 4.78 is 0. The second kappa shape index (κ2) is 6.04. The normalized spacial score (nSPS) is 12.1. The largest absolute Gasteiger partial charge is 0.397 e. The van der Waals surface area contributed by atoms with Crippen LogP contribution in [0.3, 0.4) is 0 Å². The molecule has 0 bridgehead atoms. The third kappa shape index (κ3) is 2.94. The van der Waals surface area contributed by atoms with E-state index >= 15 is 0 Å². The minimum absolute atomic E-state index is 0.148. The molecule has 0 saturated carbocycles. The number of anilines is 1. The minimum atomic E-state index is -0.613. The summed E-state index contributed by atoms with van der Waals surface area (Å²) in [5.41, 5.74) is 6.33. The van der Waals surface area contributed by atoms with E-state index in [0.717, 1.165) is 11.3 Å². The third-order valence-corrected chi connectivity index (χ3v) is 4.30. The van der Waals surface area contributed by atoms with Crippen LogP contribution in [-0.2, 0) is 4.79 Å². The number of hydrogen-bond acceptors (Lipinski definition) is 6. The number of nitrogens with zero attached hydrogens (tertiary/aromatic N) is 3. The van der Waals surface area contributed by atoms with Gasteiger partial charge in [0, 0.05) is 19.0 Å². The number of thiophene rings is 1. The Morgan fingerprint density at radius 2 is 2.24 bits per heavy atom. The number of aromatic nitrogens is 2. The Hall–Kier alpha value is -2.22. The van der Waals surface area contributed by atoms with Crippen molar-refractivity contribution >= 4 is 39.1 Å². The second-order valence-corrected chi connectivity index (χ2v) is 5.64. The highest BCUT2D eigenvalue weighted by atomic mass is 32.1. The zero-order chi connectivity index (χ0) is 15.6. The lowest BCUT2D eigenvalue weighted by Gasteiger charge is -2.20. The van der Waals surface area contributed by atoms with Crippen LogP contribution in [0.15, 0.2) is 12.3 Å². The van der Waals surface area contributed by atoms with Crippen molar-refractivity contribution in [3.63, 3.8) is 0 Å². The molecular weight excluding hydrogens is 290 g/mol. The quantitative estimate of drug-likeness (QED) is 0.872. The highest BCUT2D eigenvalue weighted by molar-refractivity contribution is 7.21. The van der Waals surface area contributed by atoms with Gasteiger partial charge in [-0.15, -0.1) is 16.4 Å². The molecule has 0 radical (unpaired) electrons. The fourth-order valence-electron chi connectivity index (χ4n) is 1.85. The molecule has 1 atom stereocenters. The molecule has 8 heteroatoms. The Bertz CT molecular complexity index is 684. The van der Waals surface area contributed by atoms with Crippen molar-refractivity contribution in [3.05, 3.63) is 17.1 Å². The number of nitrogens with one attached hydrogen (secondary N) is 1. The summed E-state index contributed by atoms with van der Waals surface area (Å²) in [5, 5.41) is 11.1. The Balaban J connectivity index is 2.19. The number of likely N-dealkylation sites (N-methyl/N-ethyl adjacent to an activating group) is 1. The highest BCUT2D eigenvalue weighted by Gasteiger charge is 2.22. The van der Waals surface area contributed by atoms with Gasteiger partial charge in [0.2, 0.25) is 5.91 Å². The van der Waals surface area contributed by atoms with Crippen LogP contribution in [0.5, 0.6) is 0 Å². The van der Waals surface area contributed by atoms with Crippen LogP contribution >= 0.6 is 11.3 Å². The van der Waals surface area contributed by atoms with Crippen LogP contribution in [0.2, 0.25) is 0 Å². The van der Waals surface area contributed by atoms with Gasteiger partial charge in [0.25, 0.3) is 5.91 Å². The lowest BCUT2D eigenvalue weighted by Crippen LogP contribution is -2.45. The smallest absolute Gasteiger partial charge is 0.264 e. The maximum atomic E-state index is 12.3. The molecule has 0 fully saturated rings. The molecule has 3 N–H and O–H groups in total. The summed E-state index contributed by atoms with van der Waals surface area (Å²) in [6.45, 7) is 4.10. The Morgan fingerprint density at radius 3 is 2.86 bits per heavy atom. The zero-order valence-corrected chi connectivity index (χ0v) is 12.9. The van der Waals surface area contributed by atoms with Gasteiger partial charge in [0.1, 0.15) is 15.7 Å². The van der Waals surface area contributed by atoms with Crippen molar-refractivity contribution < 1.29 is 9.59 Å². The van der Waals surface area contributed by atoms with Gasteiger partial charge in [0.05, 0.1) is 11.9 Å². The van der Waals surface area contributed by atoms with Crippen LogP contribution in [0.4, 0.5) is 5.69 Å². The summed E-state index contributed by atoms with van der Waals surface area (Å²) in [6, 6.07) is 1.10. The number of hydrogen-bond donors (Lipinski definition) is 2. The fourth-order valence-corrected chi connectivity index (χ4v) is 2.79. The number of nitrogens with two attached hydrogens (primary N) is 1. The van der Waals surface area contributed by atoms with E-state index in [1.54, 1.807) is 24.9 Å². The van der Waals surface area contributed by atoms with Crippen molar-refractivity contribution in [1.82, 2.24) is 20.4 Å². The standard InChI is InChI=1S/C13H17N5O2S/c1-4-18(3)13(20)7(2)16-11(19)10-9(14)8-5-6-15-17-12(8)21-10/h5-7H,4,14H2,1-3H3,(H,16,19). The molecule has 0 aliphatic carbocycles. The van der Waals surface area contributed by atoms with Gasteiger partial charge in [-0.1, -0.05) is 0 Å².